The number of hydrogen-bond donors (Lipinski definition) is 3. The van der Waals surface area contributed by atoms with Crippen LogP contribution in [0, 0.1) is 5.92 Å². The number of carboxylic acid groups (broad SMARTS) is 1. The van der Waals surface area contributed by atoms with Crippen LogP contribution in [0.5, 0.6) is 0 Å². The van der Waals surface area contributed by atoms with E-state index in [4.69, 9.17) is 4.74 Å². The van der Waals surface area contributed by atoms with Gasteiger partial charge < -0.3 is 20.5 Å². The van der Waals surface area contributed by atoms with Crippen LogP contribution in [0.1, 0.15) is 51.4 Å². The van der Waals surface area contributed by atoms with Gasteiger partial charge in [0.2, 0.25) is 0 Å². The number of carboxylic acids is 1. The maximum Gasteiger partial charge on any atom is 0.408 e. The van der Waals surface area contributed by atoms with E-state index in [2.05, 4.69) is 10.6 Å². The van der Waals surface area contributed by atoms with Gasteiger partial charge in [0.05, 0.1) is 0 Å². The Morgan fingerprint density at radius 3 is 2.43 bits per heavy atom. The molecule has 21 heavy (non-hydrogen) atoms. The molecule has 1 atom stereocenters. The summed E-state index contributed by atoms with van der Waals surface area (Å²) >= 11 is 0. The van der Waals surface area contributed by atoms with Gasteiger partial charge in [-0.2, -0.15) is 0 Å². The summed E-state index contributed by atoms with van der Waals surface area (Å²) in [5.74, 6) is -0.568. The fourth-order valence-electron chi connectivity index (χ4n) is 3.22. The maximum absolute atomic E-state index is 11.9. The van der Waals surface area contributed by atoms with Gasteiger partial charge in [0.1, 0.15) is 12.1 Å². The summed E-state index contributed by atoms with van der Waals surface area (Å²) < 4.78 is 5.31. The van der Waals surface area contributed by atoms with E-state index in [-0.39, 0.29) is 6.10 Å². The van der Waals surface area contributed by atoms with Gasteiger partial charge in [0, 0.05) is 0 Å². The minimum atomic E-state index is -0.970. The first-order chi connectivity index (χ1) is 10.1. The predicted molar refractivity (Wildman–Crippen MR) is 78.1 cm³/mol. The van der Waals surface area contributed by atoms with E-state index < -0.39 is 18.1 Å². The summed E-state index contributed by atoms with van der Waals surface area (Å²) in [5, 5.41) is 15.0. The monoisotopic (exact) mass is 298 g/mol. The molecular weight excluding hydrogens is 272 g/mol. The fraction of sp³-hybridized carbons (Fsp3) is 0.867. The number of piperidine rings is 1. The lowest BCUT2D eigenvalue weighted by Gasteiger charge is -2.26. The first-order valence-electron chi connectivity index (χ1n) is 8.06. The van der Waals surface area contributed by atoms with Gasteiger partial charge in [-0.05, 0) is 38.3 Å². The van der Waals surface area contributed by atoms with Gasteiger partial charge in [-0.15, -0.1) is 0 Å². The van der Waals surface area contributed by atoms with Crippen molar-refractivity contribution < 1.29 is 19.4 Å². The molecule has 0 aromatic rings. The molecule has 2 fully saturated rings. The number of ether oxygens (including phenoxy) is 1. The van der Waals surface area contributed by atoms with E-state index in [0.29, 0.717) is 12.3 Å². The first kappa shape index (κ1) is 16.1. The van der Waals surface area contributed by atoms with E-state index in [9.17, 15) is 14.7 Å². The molecule has 0 aromatic heterocycles. The van der Waals surface area contributed by atoms with Crippen molar-refractivity contribution in [3.8, 4) is 0 Å². The Bertz CT molecular complexity index is 350. The van der Waals surface area contributed by atoms with Crippen LogP contribution in [0.15, 0.2) is 0 Å². The van der Waals surface area contributed by atoms with E-state index in [1.807, 2.05) is 0 Å². The topological polar surface area (TPSA) is 87.7 Å². The first-order valence-corrected chi connectivity index (χ1v) is 8.06. The number of alkyl carbamates (subject to hydrolysis) is 1. The smallest absolute Gasteiger partial charge is 0.408 e. The van der Waals surface area contributed by atoms with Crippen LogP contribution >= 0.6 is 0 Å². The molecule has 3 N–H and O–H groups in total. The van der Waals surface area contributed by atoms with Crippen molar-refractivity contribution in [3.05, 3.63) is 0 Å². The molecule has 0 aromatic carbocycles. The van der Waals surface area contributed by atoms with Crippen LogP contribution in [0.3, 0.4) is 0 Å². The third-order valence-electron chi connectivity index (χ3n) is 4.44. The van der Waals surface area contributed by atoms with Crippen LogP contribution in [-0.2, 0) is 9.53 Å². The van der Waals surface area contributed by atoms with Gasteiger partial charge in [0.25, 0.3) is 0 Å². The molecule has 2 aliphatic rings. The molecule has 0 spiro atoms. The number of rotatable bonds is 5. The zero-order valence-corrected chi connectivity index (χ0v) is 12.5. The lowest BCUT2D eigenvalue weighted by atomic mass is 9.85. The summed E-state index contributed by atoms with van der Waals surface area (Å²) in [4.78, 5) is 23.2. The molecule has 2 rings (SSSR count). The Morgan fingerprint density at radius 1 is 1.14 bits per heavy atom. The summed E-state index contributed by atoms with van der Waals surface area (Å²) in [7, 11) is 0. The second kappa shape index (κ2) is 8.22. The van der Waals surface area contributed by atoms with Crippen LogP contribution in [0.4, 0.5) is 4.79 Å². The van der Waals surface area contributed by atoms with E-state index >= 15 is 0 Å². The van der Waals surface area contributed by atoms with Crippen LogP contribution in [0.2, 0.25) is 0 Å². The molecular formula is C15H26N2O4. The number of carbonyl (C=O) groups excluding carboxylic acids is 1. The lowest BCUT2D eigenvalue weighted by Crippen LogP contribution is -2.44. The van der Waals surface area contributed by atoms with Crippen molar-refractivity contribution >= 4 is 12.1 Å². The van der Waals surface area contributed by atoms with Gasteiger partial charge in [-0.25, -0.2) is 9.59 Å². The molecule has 0 bridgehead atoms. The summed E-state index contributed by atoms with van der Waals surface area (Å²) in [6.45, 7) is 1.67. The highest BCUT2D eigenvalue weighted by atomic mass is 16.6. The zero-order chi connectivity index (χ0) is 15.1. The van der Waals surface area contributed by atoms with Crippen molar-refractivity contribution in [3.63, 3.8) is 0 Å². The highest BCUT2D eigenvalue weighted by molar-refractivity contribution is 5.79. The normalized spacial score (nSPS) is 22.5. The third kappa shape index (κ3) is 5.53. The quantitative estimate of drug-likeness (QED) is 0.721. The molecule has 0 radical (unpaired) electrons. The Kier molecular flexibility index (Phi) is 6.29. The van der Waals surface area contributed by atoms with E-state index in [1.165, 1.54) is 6.42 Å². The van der Waals surface area contributed by atoms with Gasteiger partial charge in [-0.3, -0.25) is 0 Å². The van der Waals surface area contributed by atoms with E-state index in [1.54, 1.807) is 0 Å². The molecule has 120 valence electrons. The van der Waals surface area contributed by atoms with Crippen molar-refractivity contribution in [2.24, 2.45) is 5.92 Å². The van der Waals surface area contributed by atoms with Gasteiger partial charge >= 0.3 is 12.1 Å². The standard InChI is InChI=1S/C15H26N2O4/c18-14(19)13(10-11-4-2-1-3-5-11)17-15(20)21-12-6-8-16-9-7-12/h11-13,16H,1-10H2,(H,17,20)(H,18,19). The van der Waals surface area contributed by atoms with Crippen molar-refractivity contribution in [2.75, 3.05) is 13.1 Å². The summed E-state index contributed by atoms with van der Waals surface area (Å²) in [5.41, 5.74) is 0. The average molecular weight is 298 g/mol. The lowest BCUT2D eigenvalue weighted by molar-refractivity contribution is -0.140. The molecule has 1 unspecified atom stereocenters. The van der Waals surface area contributed by atoms with Crippen molar-refractivity contribution in [1.29, 1.82) is 0 Å². The predicted octanol–water partition coefficient (Wildman–Crippen LogP) is 1.89. The SMILES string of the molecule is O=C(NC(CC1CCCCC1)C(=O)O)OC1CCNCC1. The molecule has 1 heterocycles. The van der Waals surface area contributed by atoms with Crippen LogP contribution < -0.4 is 10.6 Å². The molecule has 1 saturated heterocycles. The molecule has 6 nitrogen and oxygen atoms in total. The second-order valence-electron chi connectivity index (χ2n) is 6.13. The van der Waals surface area contributed by atoms with Crippen molar-refractivity contribution in [2.45, 2.75) is 63.5 Å². The molecule has 6 heteroatoms. The highest BCUT2D eigenvalue weighted by Crippen LogP contribution is 2.27. The number of amides is 1. The fourth-order valence-corrected chi connectivity index (χ4v) is 3.22. The number of aliphatic carboxylic acids is 1. The third-order valence-corrected chi connectivity index (χ3v) is 4.44. The summed E-state index contributed by atoms with van der Waals surface area (Å²) in [6.07, 6.45) is 7.08. The van der Waals surface area contributed by atoms with E-state index in [0.717, 1.165) is 51.6 Å². The Balaban J connectivity index is 1.77. The molecule has 1 aliphatic heterocycles. The Hall–Kier alpha value is -1.30. The highest BCUT2D eigenvalue weighted by Gasteiger charge is 2.27. The largest absolute Gasteiger partial charge is 0.480 e. The minimum Gasteiger partial charge on any atom is -0.480 e. The maximum atomic E-state index is 11.9. The Morgan fingerprint density at radius 2 is 1.81 bits per heavy atom. The number of hydrogen-bond acceptors (Lipinski definition) is 4. The zero-order valence-electron chi connectivity index (χ0n) is 12.5. The number of carbonyl (C=O) groups is 2. The molecule has 1 aliphatic carbocycles. The molecule has 1 saturated carbocycles. The van der Waals surface area contributed by atoms with Crippen LogP contribution in [0.25, 0.3) is 0 Å². The minimum absolute atomic E-state index is 0.102. The van der Waals surface area contributed by atoms with Gasteiger partial charge in [-0.1, -0.05) is 32.1 Å². The molecule has 1 amide bonds. The second-order valence-corrected chi connectivity index (χ2v) is 6.13. The van der Waals surface area contributed by atoms with Crippen molar-refractivity contribution in [1.82, 2.24) is 10.6 Å². The van der Waals surface area contributed by atoms with Crippen LogP contribution in [-0.4, -0.2) is 42.4 Å². The number of nitrogens with one attached hydrogen (secondary N) is 2. The average Bonchev–Trinajstić information content (AvgIpc) is 2.48. The Labute approximate surface area is 125 Å². The van der Waals surface area contributed by atoms with Gasteiger partial charge in [0.15, 0.2) is 0 Å². The summed E-state index contributed by atoms with van der Waals surface area (Å²) in [6, 6.07) is -0.831.